The van der Waals surface area contributed by atoms with Crippen LogP contribution in [0.1, 0.15) is 27.7 Å². The monoisotopic (exact) mass is 490 g/mol. The average molecular weight is 491 g/mol. The van der Waals surface area contributed by atoms with Gasteiger partial charge in [0, 0.05) is 35.0 Å². The standard InChI is InChI=1S/C25H26N6O3S/c1-17(14-22-4-3-13-35-22)30(15-18-5-11-21(34-2)12-6-18)23(32)16-31-28-25(27-29-31)20-9-7-19(8-10-20)24(26)33/h3-13,17H,14-16H2,1-2H3,(H2,26,33). The molecule has 2 aromatic heterocycles. The maximum absolute atomic E-state index is 13.4. The fraction of sp³-hybridized carbons (Fsp3) is 0.240. The molecule has 0 spiro atoms. The largest absolute Gasteiger partial charge is 0.497 e. The summed E-state index contributed by atoms with van der Waals surface area (Å²) in [7, 11) is 1.62. The summed E-state index contributed by atoms with van der Waals surface area (Å²) in [5.41, 5.74) is 7.36. The summed E-state index contributed by atoms with van der Waals surface area (Å²) in [6.45, 7) is 2.45. The number of methoxy groups -OCH3 is 1. The van der Waals surface area contributed by atoms with Crippen LogP contribution in [-0.2, 0) is 24.3 Å². The van der Waals surface area contributed by atoms with Gasteiger partial charge in [-0.15, -0.1) is 21.5 Å². The van der Waals surface area contributed by atoms with Crippen LogP contribution in [0.3, 0.4) is 0 Å². The van der Waals surface area contributed by atoms with Crippen LogP contribution < -0.4 is 10.5 Å². The van der Waals surface area contributed by atoms with E-state index in [1.807, 2.05) is 47.5 Å². The molecule has 2 heterocycles. The second kappa shape index (κ2) is 10.9. The van der Waals surface area contributed by atoms with Crippen LogP contribution in [0.25, 0.3) is 11.4 Å². The minimum Gasteiger partial charge on any atom is -0.497 e. The summed E-state index contributed by atoms with van der Waals surface area (Å²) in [6.07, 6.45) is 0.752. The van der Waals surface area contributed by atoms with Crippen molar-refractivity contribution in [1.82, 2.24) is 25.1 Å². The van der Waals surface area contributed by atoms with E-state index in [-0.39, 0.29) is 18.5 Å². The highest BCUT2D eigenvalue weighted by Gasteiger charge is 2.23. The maximum atomic E-state index is 13.4. The molecule has 0 aliphatic rings. The van der Waals surface area contributed by atoms with Crippen LogP contribution in [0, 0.1) is 0 Å². The van der Waals surface area contributed by atoms with Gasteiger partial charge in [0.25, 0.3) is 0 Å². The van der Waals surface area contributed by atoms with E-state index in [1.165, 1.54) is 9.67 Å². The van der Waals surface area contributed by atoms with Crippen molar-refractivity contribution in [3.8, 4) is 17.1 Å². The Labute approximate surface area is 207 Å². The Morgan fingerprint density at radius 1 is 1.11 bits per heavy atom. The molecular weight excluding hydrogens is 464 g/mol. The highest BCUT2D eigenvalue weighted by Crippen LogP contribution is 2.19. The molecule has 180 valence electrons. The number of amides is 2. The molecule has 2 amide bonds. The number of primary amides is 1. The van der Waals surface area contributed by atoms with Crippen molar-refractivity contribution in [3.63, 3.8) is 0 Å². The maximum Gasteiger partial charge on any atom is 0.248 e. The SMILES string of the molecule is COc1ccc(CN(C(=O)Cn2nnc(-c3ccc(C(N)=O)cc3)n2)C(C)Cc2cccs2)cc1. The van der Waals surface area contributed by atoms with E-state index in [2.05, 4.69) is 21.5 Å². The molecule has 2 aromatic carbocycles. The summed E-state index contributed by atoms with van der Waals surface area (Å²) in [5.74, 6) is 0.508. The van der Waals surface area contributed by atoms with Crippen LogP contribution in [0.15, 0.2) is 66.0 Å². The Balaban J connectivity index is 1.50. The molecule has 1 atom stereocenters. The van der Waals surface area contributed by atoms with E-state index < -0.39 is 5.91 Å². The number of carbonyl (C=O) groups is 2. The lowest BCUT2D eigenvalue weighted by Gasteiger charge is -2.29. The third kappa shape index (κ3) is 6.10. The number of rotatable bonds is 10. The highest BCUT2D eigenvalue weighted by molar-refractivity contribution is 7.09. The summed E-state index contributed by atoms with van der Waals surface area (Å²) < 4.78 is 5.25. The van der Waals surface area contributed by atoms with Crippen molar-refractivity contribution in [2.24, 2.45) is 5.73 Å². The predicted octanol–water partition coefficient (Wildman–Crippen LogP) is 3.17. The number of carbonyl (C=O) groups excluding carboxylic acids is 2. The first-order valence-corrected chi connectivity index (χ1v) is 11.9. The number of tetrazole rings is 1. The molecule has 0 aliphatic heterocycles. The lowest BCUT2D eigenvalue weighted by Crippen LogP contribution is -2.41. The second-order valence-electron chi connectivity index (χ2n) is 8.09. The van der Waals surface area contributed by atoms with Crippen molar-refractivity contribution in [2.75, 3.05) is 7.11 Å². The summed E-state index contributed by atoms with van der Waals surface area (Å²) >= 11 is 1.68. The summed E-state index contributed by atoms with van der Waals surface area (Å²) in [6, 6.07) is 18.3. The first kappa shape index (κ1) is 24.1. The number of thiophene rings is 1. The van der Waals surface area contributed by atoms with E-state index in [1.54, 1.807) is 42.7 Å². The van der Waals surface area contributed by atoms with Crippen LogP contribution in [0.4, 0.5) is 0 Å². The zero-order valence-corrected chi connectivity index (χ0v) is 20.3. The van der Waals surface area contributed by atoms with Gasteiger partial charge in [-0.05, 0) is 53.4 Å². The smallest absolute Gasteiger partial charge is 0.248 e. The van der Waals surface area contributed by atoms with Gasteiger partial charge in [-0.1, -0.05) is 30.3 Å². The lowest BCUT2D eigenvalue weighted by molar-refractivity contribution is -0.135. The van der Waals surface area contributed by atoms with Gasteiger partial charge < -0.3 is 15.4 Å². The van der Waals surface area contributed by atoms with E-state index in [4.69, 9.17) is 10.5 Å². The molecule has 4 aromatic rings. The number of hydrogen-bond acceptors (Lipinski definition) is 7. The molecule has 0 bridgehead atoms. The number of benzene rings is 2. The summed E-state index contributed by atoms with van der Waals surface area (Å²) in [5, 5.41) is 14.5. The molecular formula is C25H26N6O3S. The van der Waals surface area contributed by atoms with Crippen LogP contribution in [0.2, 0.25) is 0 Å². The lowest BCUT2D eigenvalue weighted by atomic mass is 10.1. The highest BCUT2D eigenvalue weighted by atomic mass is 32.1. The number of hydrogen-bond donors (Lipinski definition) is 1. The van der Waals surface area contributed by atoms with E-state index >= 15 is 0 Å². The van der Waals surface area contributed by atoms with Crippen LogP contribution in [-0.4, -0.2) is 50.1 Å². The van der Waals surface area contributed by atoms with Gasteiger partial charge in [-0.2, -0.15) is 4.80 Å². The Bertz CT molecular complexity index is 1270. The number of nitrogens with zero attached hydrogens (tertiary/aromatic N) is 5. The van der Waals surface area contributed by atoms with Crippen molar-refractivity contribution >= 4 is 23.2 Å². The minimum atomic E-state index is -0.507. The Kier molecular flexibility index (Phi) is 7.51. The molecule has 0 radical (unpaired) electrons. The first-order valence-electron chi connectivity index (χ1n) is 11.1. The molecule has 0 saturated heterocycles. The molecule has 2 N–H and O–H groups in total. The van der Waals surface area contributed by atoms with E-state index in [0.29, 0.717) is 23.5 Å². The third-order valence-corrected chi connectivity index (χ3v) is 6.50. The molecule has 10 heteroatoms. The number of ether oxygens (including phenoxy) is 1. The van der Waals surface area contributed by atoms with Gasteiger partial charge in [0.2, 0.25) is 17.6 Å². The van der Waals surface area contributed by atoms with E-state index in [9.17, 15) is 9.59 Å². The van der Waals surface area contributed by atoms with Gasteiger partial charge in [0.1, 0.15) is 12.3 Å². The zero-order valence-electron chi connectivity index (χ0n) is 19.5. The van der Waals surface area contributed by atoms with Gasteiger partial charge in [-0.3, -0.25) is 9.59 Å². The second-order valence-corrected chi connectivity index (χ2v) is 9.12. The van der Waals surface area contributed by atoms with Gasteiger partial charge in [-0.25, -0.2) is 0 Å². The van der Waals surface area contributed by atoms with Crippen LogP contribution >= 0.6 is 11.3 Å². The molecule has 0 fully saturated rings. The van der Waals surface area contributed by atoms with Crippen LogP contribution in [0.5, 0.6) is 5.75 Å². The predicted molar refractivity (Wildman–Crippen MR) is 133 cm³/mol. The Hall–Kier alpha value is -4.05. The van der Waals surface area contributed by atoms with Gasteiger partial charge >= 0.3 is 0 Å². The minimum absolute atomic E-state index is 0.0346. The topological polar surface area (TPSA) is 116 Å². The summed E-state index contributed by atoms with van der Waals surface area (Å²) in [4.78, 5) is 29.0. The van der Waals surface area contributed by atoms with Gasteiger partial charge in [0.05, 0.1) is 7.11 Å². The van der Waals surface area contributed by atoms with E-state index in [0.717, 1.165) is 17.7 Å². The number of aromatic nitrogens is 4. The normalized spacial score (nSPS) is 11.7. The Morgan fingerprint density at radius 2 is 1.86 bits per heavy atom. The fourth-order valence-electron chi connectivity index (χ4n) is 3.67. The van der Waals surface area contributed by atoms with Crippen molar-refractivity contribution in [2.45, 2.75) is 32.5 Å². The molecule has 1 unspecified atom stereocenters. The third-order valence-electron chi connectivity index (χ3n) is 5.60. The van der Waals surface area contributed by atoms with Crippen molar-refractivity contribution < 1.29 is 14.3 Å². The van der Waals surface area contributed by atoms with Crippen molar-refractivity contribution in [1.29, 1.82) is 0 Å². The quantitative estimate of drug-likeness (QED) is 0.365. The fourth-order valence-corrected chi connectivity index (χ4v) is 4.50. The first-order chi connectivity index (χ1) is 16.9. The number of nitrogens with two attached hydrogens (primary N) is 1. The zero-order chi connectivity index (χ0) is 24.8. The molecule has 9 nitrogen and oxygen atoms in total. The molecule has 4 rings (SSSR count). The molecule has 0 saturated carbocycles. The van der Waals surface area contributed by atoms with Crippen molar-refractivity contribution in [3.05, 3.63) is 82.0 Å². The van der Waals surface area contributed by atoms with Gasteiger partial charge in [0.15, 0.2) is 0 Å². The molecule has 35 heavy (non-hydrogen) atoms. The Morgan fingerprint density at radius 3 is 2.49 bits per heavy atom. The molecule has 0 aliphatic carbocycles. The average Bonchev–Trinajstić information content (AvgIpc) is 3.55.